The molecule has 0 aromatic carbocycles. The number of amides is 1. The minimum Gasteiger partial charge on any atom is -0.274 e. The van der Waals surface area contributed by atoms with Crippen LogP contribution in [-0.2, 0) is 15.0 Å². The molecule has 0 aromatic rings. The highest BCUT2D eigenvalue weighted by atomic mass is 33.1. The first-order valence-corrected chi connectivity index (χ1v) is 9.52. The molecule has 1 fully saturated rings. The fourth-order valence-corrected chi connectivity index (χ4v) is 5.06. The van der Waals surface area contributed by atoms with Gasteiger partial charge in [0.25, 0.3) is 10.2 Å². The Morgan fingerprint density at radius 3 is 2.71 bits per heavy atom. The van der Waals surface area contributed by atoms with E-state index in [0.29, 0.717) is 6.42 Å². The third kappa shape index (κ3) is 7.91. The number of nitrogens with one attached hydrogen (secondary N) is 1. The Balaban J connectivity index is 1.98. The molecule has 1 unspecified atom stereocenters. The van der Waals surface area contributed by atoms with E-state index in [9.17, 15) is 13.2 Å². The highest BCUT2D eigenvalue weighted by molar-refractivity contribution is 8.77. The van der Waals surface area contributed by atoms with Crippen LogP contribution in [0.4, 0.5) is 0 Å². The average Bonchev–Trinajstić information content (AvgIpc) is 2.67. The Morgan fingerprint density at radius 2 is 2.12 bits per heavy atom. The summed E-state index contributed by atoms with van der Waals surface area (Å²) in [6.45, 7) is 0. The van der Waals surface area contributed by atoms with Crippen LogP contribution < -0.4 is 9.86 Å². The average molecular weight is 298 g/mol. The molecule has 0 saturated carbocycles. The van der Waals surface area contributed by atoms with Gasteiger partial charge in [0.1, 0.15) is 0 Å². The largest absolute Gasteiger partial charge is 0.298 e. The van der Waals surface area contributed by atoms with Crippen LogP contribution in [0.1, 0.15) is 38.5 Å². The van der Waals surface area contributed by atoms with Crippen LogP contribution >= 0.6 is 21.6 Å². The summed E-state index contributed by atoms with van der Waals surface area (Å²) >= 11 is 0. The Bertz CT molecular complexity index is 339. The third-order valence-corrected chi connectivity index (χ3v) is 5.93. The number of hydrogen-bond acceptors (Lipinski definition) is 5. The Labute approximate surface area is 110 Å². The van der Waals surface area contributed by atoms with Gasteiger partial charge in [-0.25, -0.2) is 9.86 Å². The van der Waals surface area contributed by atoms with E-state index in [4.69, 9.17) is 0 Å². The van der Waals surface area contributed by atoms with Gasteiger partial charge < -0.3 is 0 Å². The van der Waals surface area contributed by atoms with Gasteiger partial charge >= 0.3 is 0 Å². The minimum absolute atomic E-state index is 0.225. The number of nitrogens with two attached hydrogens (primary N) is 1. The van der Waals surface area contributed by atoms with Crippen LogP contribution in [0.15, 0.2) is 0 Å². The van der Waals surface area contributed by atoms with Crippen molar-refractivity contribution < 1.29 is 13.2 Å². The van der Waals surface area contributed by atoms with Crippen molar-refractivity contribution in [3.8, 4) is 0 Å². The molecule has 1 heterocycles. The quantitative estimate of drug-likeness (QED) is 0.548. The van der Waals surface area contributed by atoms with Gasteiger partial charge in [-0.2, -0.15) is 8.42 Å². The summed E-state index contributed by atoms with van der Waals surface area (Å²) in [5.41, 5.74) is 0. The van der Waals surface area contributed by atoms with Gasteiger partial charge in [-0.15, -0.1) is 0 Å². The van der Waals surface area contributed by atoms with Gasteiger partial charge in [0, 0.05) is 17.4 Å². The maximum Gasteiger partial charge on any atom is 0.298 e. The molecule has 1 rings (SSSR count). The first-order chi connectivity index (χ1) is 7.97. The molecule has 100 valence electrons. The topological polar surface area (TPSA) is 89.3 Å². The molecule has 3 N–H and O–H groups in total. The predicted molar refractivity (Wildman–Crippen MR) is 72.8 cm³/mol. The SMILES string of the molecule is NS(=O)(=O)NC(=O)CCCCCC1CCSS1. The lowest BCUT2D eigenvalue weighted by atomic mass is 10.1. The normalized spacial score (nSPS) is 20.4. The van der Waals surface area contributed by atoms with Gasteiger partial charge in [-0.3, -0.25) is 4.79 Å². The van der Waals surface area contributed by atoms with E-state index >= 15 is 0 Å². The lowest BCUT2D eigenvalue weighted by Crippen LogP contribution is -2.35. The van der Waals surface area contributed by atoms with Crippen molar-refractivity contribution in [2.24, 2.45) is 5.14 Å². The van der Waals surface area contributed by atoms with Gasteiger partial charge in [-0.1, -0.05) is 34.4 Å². The van der Waals surface area contributed by atoms with Crippen LogP contribution in [0.25, 0.3) is 0 Å². The van der Waals surface area contributed by atoms with Crippen molar-refractivity contribution in [3.63, 3.8) is 0 Å². The molecule has 1 amide bonds. The molecule has 17 heavy (non-hydrogen) atoms. The summed E-state index contributed by atoms with van der Waals surface area (Å²) < 4.78 is 22.8. The highest BCUT2D eigenvalue weighted by Gasteiger charge is 2.15. The van der Waals surface area contributed by atoms with Crippen LogP contribution in [-0.4, -0.2) is 25.3 Å². The van der Waals surface area contributed by atoms with E-state index in [0.717, 1.165) is 18.1 Å². The Morgan fingerprint density at radius 1 is 1.35 bits per heavy atom. The predicted octanol–water partition coefficient (Wildman–Crippen LogP) is 1.41. The molecule has 1 atom stereocenters. The summed E-state index contributed by atoms with van der Waals surface area (Å²) in [6.07, 6.45) is 5.46. The lowest BCUT2D eigenvalue weighted by molar-refractivity contribution is -0.119. The van der Waals surface area contributed by atoms with Crippen LogP contribution in [0.5, 0.6) is 0 Å². The zero-order chi connectivity index (χ0) is 12.7. The van der Waals surface area contributed by atoms with E-state index in [2.05, 4.69) is 5.14 Å². The molecular weight excluding hydrogens is 280 g/mol. The molecule has 8 heteroatoms. The summed E-state index contributed by atoms with van der Waals surface area (Å²) in [5.74, 6) is 0.727. The summed E-state index contributed by atoms with van der Waals surface area (Å²) in [6, 6.07) is 0. The molecule has 1 aliphatic rings. The van der Waals surface area contributed by atoms with Crippen molar-refractivity contribution in [3.05, 3.63) is 0 Å². The van der Waals surface area contributed by atoms with Crippen molar-refractivity contribution in [2.75, 3.05) is 5.75 Å². The van der Waals surface area contributed by atoms with Crippen LogP contribution in [0, 0.1) is 0 Å². The fourth-order valence-electron chi connectivity index (χ4n) is 1.61. The smallest absolute Gasteiger partial charge is 0.274 e. The molecule has 1 saturated heterocycles. The first kappa shape index (κ1) is 15.1. The van der Waals surface area contributed by atoms with Gasteiger partial charge in [0.15, 0.2) is 0 Å². The second-order valence-electron chi connectivity index (χ2n) is 4.00. The van der Waals surface area contributed by atoms with Crippen LogP contribution in [0.3, 0.4) is 0 Å². The Kier molecular flexibility index (Phi) is 6.68. The maximum atomic E-state index is 11.1. The standard InChI is InChI=1S/C9H18N2O3S3/c10-17(13,14)11-9(12)5-3-1-2-4-8-6-7-15-16-8/h8H,1-7H2,(H,11,12)(H2,10,13,14). The van der Waals surface area contributed by atoms with E-state index in [1.807, 2.05) is 21.6 Å². The molecule has 0 spiro atoms. The molecular formula is C9H18N2O3S3. The zero-order valence-corrected chi connectivity index (χ0v) is 12.0. The summed E-state index contributed by atoms with van der Waals surface area (Å²) in [5, 5.41) is 5.45. The number of unbranched alkanes of at least 4 members (excludes halogenated alkanes) is 2. The zero-order valence-electron chi connectivity index (χ0n) is 9.55. The maximum absolute atomic E-state index is 11.1. The number of rotatable bonds is 7. The molecule has 0 bridgehead atoms. The van der Waals surface area contributed by atoms with Crippen molar-refractivity contribution in [1.29, 1.82) is 0 Å². The van der Waals surface area contributed by atoms with Gasteiger partial charge in [0.05, 0.1) is 0 Å². The van der Waals surface area contributed by atoms with Crippen molar-refractivity contribution in [1.82, 2.24) is 4.72 Å². The molecule has 0 aliphatic carbocycles. The molecule has 0 aromatic heterocycles. The van der Waals surface area contributed by atoms with Crippen LogP contribution in [0.2, 0.25) is 0 Å². The minimum atomic E-state index is -3.88. The number of carbonyl (C=O) groups excluding carboxylic acids is 1. The highest BCUT2D eigenvalue weighted by Crippen LogP contribution is 2.39. The lowest BCUT2D eigenvalue weighted by Gasteiger charge is -2.06. The molecule has 1 aliphatic heterocycles. The Hall–Kier alpha value is 0.0800. The van der Waals surface area contributed by atoms with Crippen molar-refractivity contribution >= 4 is 37.7 Å². The third-order valence-electron chi connectivity index (χ3n) is 2.41. The van der Waals surface area contributed by atoms with Gasteiger partial charge in [0.2, 0.25) is 5.91 Å². The monoisotopic (exact) mass is 298 g/mol. The second-order valence-corrected chi connectivity index (χ2v) is 8.08. The van der Waals surface area contributed by atoms with Gasteiger partial charge in [-0.05, 0) is 19.3 Å². The number of carbonyl (C=O) groups is 1. The van der Waals surface area contributed by atoms with Crippen molar-refractivity contribution in [2.45, 2.75) is 43.8 Å². The number of hydrogen-bond donors (Lipinski definition) is 2. The summed E-state index contributed by atoms with van der Waals surface area (Å²) in [7, 11) is 0.000549. The molecule has 0 radical (unpaired) electrons. The first-order valence-electron chi connectivity index (χ1n) is 5.59. The van der Waals surface area contributed by atoms with E-state index < -0.39 is 16.1 Å². The van der Waals surface area contributed by atoms with E-state index in [-0.39, 0.29) is 6.42 Å². The summed E-state index contributed by atoms with van der Waals surface area (Å²) in [4.78, 5) is 11.1. The fraction of sp³-hybridized carbons (Fsp3) is 0.889. The second kappa shape index (κ2) is 7.50. The van der Waals surface area contributed by atoms with E-state index in [1.54, 1.807) is 4.72 Å². The molecule has 5 nitrogen and oxygen atoms in total. The van der Waals surface area contributed by atoms with E-state index in [1.165, 1.54) is 18.6 Å².